The summed E-state index contributed by atoms with van der Waals surface area (Å²) < 4.78 is 19.1. The third kappa shape index (κ3) is 4.17. The Morgan fingerprint density at radius 1 is 1.16 bits per heavy atom. The van der Waals surface area contributed by atoms with Crippen LogP contribution in [0.3, 0.4) is 0 Å². The summed E-state index contributed by atoms with van der Waals surface area (Å²) in [7, 11) is 0. The van der Waals surface area contributed by atoms with Crippen LogP contribution in [0.1, 0.15) is 16.8 Å². The van der Waals surface area contributed by atoms with Gasteiger partial charge in [0.05, 0.1) is 6.61 Å². The van der Waals surface area contributed by atoms with E-state index in [1.54, 1.807) is 0 Å². The van der Waals surface area contributed by atoms with Crippen LogP contribution in [0, 0.1) is 5.82 Å². The number of ketones is 1. The van der Waals surface area contributed by atoms with Gasteiger partial charge in [-0.05, 0) is 42.5 Å². The van der Waals surface area contributed by atoms with E-state index >= 15 is 0 Å². The molecule has 0 bridgehead atoms. The largest absolute Gasteiger partial charge is 0.493 e. The van der Waals surface area contributed by atoms with E-state index in [1.165, 1.54) is 24.3 Å². The number of rotatable bonds is 5. The van der Waals surface area contributed by atoms with Crippen molar-refractivity contribution in [1.29, 1.82) is 0 Å². The van der Waals surface area contributed by atoms with E-state index in [0.29, 0.717) is 17.9 Å². The molecule has 0 N–H and O–H groups in total. The zero-order valence-electron chi connectivity index (χ0n) is 10.1. The number of carbonyl (C=O) groups is 1. The Hall–Kier alpha value is -1.68. The summed E-state index contributed by atoms with van der Waals surface area (Å²) in [6, 6.07) is 12.9. The van der Waals surface area contributed by atoms with Crippen LogP contribution >= 0.6 is 15.9 Å². The Morgan fingerprint density at radius 3 is 2.58 bits per heavy atom. The van der Waals surface area contributed by atoms with Gasteiger partial charge in [-0.2, -0.15) is 0 Å². The smallest absolute Gasteiger partial charge is 0.166 e. The number of hydrogen-bond acceptors (Lipinski definition) is 2. The lowest BCUT2D eigenvalue weighted by Gasteiger charge is -2.06. The van der Waals surface area contributed by atoms with Crippen LogP contribution in [0.4, 0.5) is 4.39 Å². The fraction of sp³-hybridized carbons (Fsp3) is 0.133. The van der Waals surface area contributed by atoms with E-state index in [4.69, 9.17) is 4.74 Å². The third-order valence-electron chi connectivity index (χ3n) is 2.56. The van der Waals surface area contributed by atoms with E-state index in [2.05, 4.69) is 15.9 Å². The van der Waals surface area contributed by atoms with Crippen molar-refractivity contribution in [3.63, 3.8) is 0 Å². The minimum atomic E-state index is -0.345. The lowest BCUT2D eigenvalue weighted by Crippen LogP contribution is -2.06. The molecule has 0 fully saturated rings. The van der Waals surface area contributed by atoms with E-state index in [1.807, 2.05) is 24.3 Å². The highest BCUT2D eigenvalue weighted by molar-refractivity contribution is 9.10. The molecule has 0 aromatic heterocycles. The number of hydrogen-bond donors (Lipinski definition) is 0. The first-order valence-electron chi connectivity index (χ1n) is 5.82. The monoisotopic (exact) mass is 322 g/mol. The van der Waals surface area contributed by atoms with E-state index < -0.39 is 0 Å². The first-order chi connectivity index (χ1) is 9.15. The molecule has 0 amide bonds. The molecule has 0 heterocycles. The molecule has 0 aliphatic carbocycles. The van der Waals surface area contributed by atoms with Gasteiger partial charge >= 0.3 is 0 Å². The van der Waals surface area contributed by atoms with Crippen LogP contribution in [0.15, 0.2) is 53.0 Å². The lowest BCUT2D eigenvalue weighted by atomic mass is 10.1. The zero-order valence-corrected chi connectivity index (χ0v) is 11.7. The average molecular weight is 323 g/mol. The molecule has 0 unspecified atom stereocenters. The fourth-order valence-corrected chi connectivity index (χ4v) is 1.98. The second-order valence-electron chi connectivity index (χ2n) is 3.99. The van der Waals surface area contributed by atoms with E-state index in [0.717, 1.165) is 4.47 Å². The normalized spacial score (nSPS) is 10.2. The first-order valence-corrected chi connectivity index (χ1v) is 6.61. The lowest BCUT2D eigenvalue weighted by molar-refractivity contribution is 0.0962. The Morgan fingerprint density at radius 2 is 1.89 bits per heavy atom. The van der Waals surface area contributed by atoms with Crippen LogP contribution in [0.25, 0.3) is 0 Å². The van der Waals surface area contributed by atoms with Crippen LogP contribution in [-0.2, 0) is 0 Å². The quantitative estimate of drug-likeness (QED) is 0.769. The summed E-state index contributed by atoms with van der Waals surface area (Å²) in [5, 5.41) is 0. The standard InChI is InChI=1S/C15H12BrFO2/c16-12-2-1-3-14(10-12)19-9-8-15(18)11-4-6-13(17)7-5-11/h1-7,10H,8-9H2. The molecule has 2 aromatic carbocycles. The summed E-state index contributed by atoms with van der Waals surface area (Å²) in [6.45, 7) is 0.298. The molecule has 19 heavy (non-hydrogen) atoms. The van der Waals surface area contributed by atoms with Gasteiger partial charge in [0.25, 0.3) is 0 Å². The highest BCUT2D eigenvalue weighted by Gasteiger charge is 2.06. The van der Waals surface area contributed by atoms with Crippen molar-refractivity contribution in [1.82, 2.24) is 0 Å². The first kappa shape index (κ1) is 13.7. The Bertz CT molecular complexity index is 567. The summed E-state index contributed by atoms with van der Waals surface area (Å²) in [5.41, 5.74) is 0.499. The molecule has 0 atom stereocenters. The molecule has 0 saturated heterocycles. The topological polar surface area (TPSA) is 26.3 Å². The second kappa shape index (κ2) is 6.48. The minimum Gasteiger partial charge on any atom is -0.493 e. The number of benzene rings is 2. The predicted octanol–water partition coefficient (Wildman–Crippen LogP) is 4.24. The molecule has 0 spiro atoms. The van der Waals surface area contributed by atoms with Gasteiger partial charge in [0.15, 0.2) is 5.78 Å². The van der Waals surface area contributed by atoms with Crippen molar-refractivity contribution in [2.45, 2.75) is 6.42 Å². The molecule has 0 radical (unpaired) electrons. The van der Waals surface area contributed by atoms with E-state index in [9.17, 15) is 9.18 Å². The summed E-state index contributed by atoms with van der Waals surface area (Å²) in [4.78, 5) is 11.8. The van der Waals surface area contributed by atoms with Crippen LogP contribution in [0.2, 0.25) is 0 Å². The molecule has 4 heteroatoms. The number of halogens is 2. The molecule has 0 aliphatic rings. The van der Waals surface area contributed by atoms with Gasteiger partial charge in [0, 0.05) is 16.5 Å². The molecule has 2 rings (SSSR count). The number of ether oxygens (including phenoxy) is 1. The fourth-order valence-electron chi connectivity index (χ4n) is 1.60. The van der Waals surface area contributed by atoms with Crippen molar-refractivity contribution in [3.05, 3.63) is 64.4 Å². The molecule has 0 saturated carbocycles. The Labute approximate surface area is 119 Å². The van der Waals surface area contributed by atoms with Gasteiger partial charge in [0.2, 0.25) is 0 Å². The van der Waals surface area contributed by atoms with Crippen LogP contribution in [-0.4, -0.2) is 12.4 Å². The molecule has 98 valence electrons. The SMILES string of the molecule is O=C(CCOc1cccc(Br)c1)c1ccc(F)cc1. The van der Waals surface area contributed by atoms with E-state index in [-0.39, 0.29) is 18.0 Å². The molecular formula is C15H12BrFO2. The summed E-state index contributed by atoms with van der Waals surface area (Å²) in [6.07, 6.45) is 0.262. The Balaban J connectivity index is 1.86. The second-order valence-corrected chi connectivity index (χ2v) is 4.90. The summed E-state index contributed by atoms with van der Waals surface area (Å²) >= 11 is 3.34. The van der Waals surface area contributed by atoms with Crippen LogP contribution < -0.4 is 4.74 Å². The van der Waals surface area contributed by atoms with Gasteiger partial charge in [-0.15, -0.1) is 0 Å². The third-order valence-corrected chi connectivity index (χ3v) is 3.05. The van der Waals surface area contributed by atoms with Crippen LogP contribution in [0.5, 0.6) is 5.75 Å². The van der Waals surface area contributed by atoms with Gasteiger partial charge in [-0.1, -0.05) is 22.0 Å². The van der Waals surface area contributed by atoms with Crippen molar-refractivity contribution < 1.29 is 13.9 Å². The van der Waals surface area contributed by atoms with Gasteiger partial charge in [0.1, 0.15) is 11.6 Å². The van der Waals surface area contributed by atoms with Gasteiger partial charge in [-0.25, -0.2) is 4.39 Å². The Kier molecular flexibility index (Phi) is 4.68. The molecule has 2 nitrogen and oxygen atoms in total. The van der Waals surface area contributed by atoms with Gasteiger partial charge in [-0.3, -0.25) is 4.79 Å². The molecular weight excluding hydrogens is 311 g/mol. The van der Waals surface area contributed by atoms with Crippen molar-refractivity contribution >= 4 is 21.7 Å². The molecule has 2 aromatic rings. The number of carbonyl (C=O) groups excluding carboxylic acids is 1. The maximum Gasteiger partial charge on any atom is 0.166 e. The maximum absolute atomic E-state index is 12.7. The maximum atomic E-state index is 12.7. The van der Waals surface area contributed by atoms with Crippen molar-refractivity contribution in [3.8, 4) is 5.75 Å². The predicted molar refractivity (Wildman–Crippen MR) is 75.0 cm³/mol. The van der Waals surface area contributed by atoms with Crippen molar-refractivity contribution in [2.24, 2.45) is 0 Å². The number of Topliss-reactive ketones (excluding diaryl/α,β-unsaturated/α-hetero) is 1. The highest BCUT2D eigenvalue weighted by atomic mass is 79.9. The minimum absolute atomic E-state index is 0.0602. The molecule has 0 aliphatic heterocycles. The average Bonchev–Trinajstić information content (AvgIpc) is 2.39. The highest BCUT2D eigenvalue weighted by Crippen LogP contribution is 2.18. The van der Waals surface area contributed by atoms with Gasteiger partial charge < -0.3 is 4.74 Å². The summed E-state index contributed by atoms with van der Waals surface area (Å²) in [5.74, 6) is 0.304. The zero-order chi connectivity index (χ0) is 13.7. The van der Waals surface area contributed by atoms with Crippen molar-refractivity contribution in [2.75, 3.05) is 6.61 Å².